The van der Waals surface area contributed by atoms with Crippen molar-refractivity contribution in [2.24, 2.45) is 0 Å². The predicted octanol–water partition coefficient (Wildman–Crippen LogP) is 3.33. The minimum absolute atomic E-state index is 0.156. The average Bonchev–Trinajstić information content (AvgIpc) is 3.20. The van der Waals surface area contributed by atoms with E-state index in [0.717, 1.165) is 10.6 Å². The SMILES string of the molecule is Cc1ccc(SCCNC(=O)COC(=O)c2ccc(OCc3noc(C)n3)cc2)cc1. The highest BCUT2D eigenvalue weighted by Gasteiger charge is 2.11. The zero-order valence-electron chi connectivity index (χ0n) is 17.3. The van der Waals surface area contributed by atoms with E-state index in [4.69, 9.17) is 14.0 Å². The van der Waals surface area contributed by atoms with Gasteiger partial charge in [-0.05, 0) is 43.3 Å². The summed E-state index contributed by atoms with van der Waals surface area (Å²) in [4.78, 5) is 29.2. The molecular formula is C22H23N3O5S. The fourth-order valence-corrected chi connectivity index (χ4v) is 3.26. The van der Waals surface area contributed by atoms with Crippen LogP contribution in [0.25, 0.3) is 0 Å². The Morgan fingerprint density at radius 3 is 2.48 bits per heavy atom. The maximum Gasteiger partial charge on any atom is 0.338 e. The van der Waals surface area contributed by atoms with Gasteiger partial charge in [-0.1, -0.05) is 22.9 Å². The number of nitrogens with zero attached hydrogens (tertiary/aromatic N) is 2. The van der Waals surface area contributed by atoms with Crippen LogP contribution in [0.1, 0.15) is 27.6 Å². The van der Waals surface area contributed by atoms with Crippen LogP contribution >= 0.6 is 11.8 Å². The molecule has 0 saturated heterocycles. The molecule has 0 bridgehead atoms. The summed E-state index contributed by atoms with van der Waals surface area (Å²) in [5.74, 6) is 1.25. The van der Waals surface area contributed by atoms with Crippen molar-refractivity contribution >= 4 is 23.6 Å². The molecule has 31 heavy (non-hydrogen) atoms. The van der Waals surface area contributed by atoms with E-state index in [1.165, 1.54) is 5.56 Å². The Kier molecular flexibility index (Phi) is 8.05. The lowest BCUT2D eigenvalue weighted by atomic mass is 10.2. The van der Waals surface area contributed by atoms with E-state index in [9.17, 15) is 9.59 Å². The number of hydrogen-bond acceptors (Lipinski definition) is 8. The van der Waals surface area contributed by atoms with Gasteiger partial charge in [0, 0.05) is 24.1 Å². The molecule has 0 aliphatic rings. The van der Waals surface area contributed by atoms with Crippen LogP contribution in [0.15, 0.2) is 57.9 Å². The molecule has 0 unspecified atom stereocenters. The number of aryl methyl sites for hydroxylation is 2. The lowest BCUT2D eigenvalue weighted by Gasteiger charge is -2.08. The van der Waals surface area contributed by atoms with Crippen molar-refractivity contribution in [1.82, 2.24) is 15.5 Å². The molecule has 162 valence electrons. The maximum atomic E-state index is 12.1. The Hall–Kier alpha value is -3.33. The van der Waals surface area contributed by atoms with Crippen LogP contribution in [0, 0.1) is 13.8 Å². The summed E-state index contributed by atoms with van der Waals surface area (Å²) in [6.45, 7) is 4.05. The topological polar surface area (TPSA) is 104 Å². The molecule has 1 N–H and O–H groups in total. The number of ether oxygens (including phenoxy) is 2. The van der Waals surface area contributed by atoms with Gasteiger partial charge in [0.05, 0.1) is 5.56 Å². The highest BCUT2D eigenvalue weighted by molar-refractivity contribution is 7.99. The number of aromatic nitrogens is 2. The summed E-state index contributed by atoms with van der Waals surface area (Å²) in [6.07, 6.45) is 0. The second-order valence-electron chi connectivity index (χ2n) is 6.63. The molecule has 0 saturated carbocycles. The van der Waals surface area contributed by atoms with E-state index < -0.39 is 5.97 Å². The number of carbonyl (C=O) groups is 2. The number of rotatable bonds is 10. The lowest BCUT2D eigenvalue weighted by molar-refractivity contribution is -0.124. The Labute approximate surface area is 184 Å². The van der Waals surface area contributed by atoms with Crippen molar-refractivity contribution in [2.45, 2.75) is 25.3 Å². The van der Waals surface area contributed by atoms with Gasteiger partial charge in [-0.2, -0.15) is 4.98 Å². The molecule has 1 amide bonds. The average molecular weight is 442 g/mol. The second kappa shape index (κ2) is 11.2. The number of amides is 1. The Balaban J connectivity index is 1.33. The minimum atomic E-state index is -0.579. The first kappa shape index (κ1) is 22.4. The van der Waals surface area contributed by atoms with Gasteiger partial charge in [0.15, 0.2) is 13.2 Å². The van der Waals surface area contributed by atoms with E-state index in [2.05, 4.69) is 15.5 Å². The largest absolute Gasteiger partial charge is 0.485 e. The summed E-state index contributed by atoms with van der Waals surface area (Å²) < 4.78 is 15.5. The van der Waals surface area contributed by atoms with E-state index in [1.54, 1.807) is 43.0 Å². The monoisotopic (exact) mass is 441 g/mol. The van der Waals surface area contributed by atoms with Gasteiger partial charge in [0.1, 0.15) is 5.75 Å². The summed E-state index contributed by atoms with van der Waals surface area (Å²) in [5, 5.41) is 6.48. The molecule has 1 aromatic heterocycles. The Bertz CT molecular complexity index is 1000. The molecule has 2 aromatic carbocycles. The summed E-state index contributed by atoms with van der Waals surface area (Å²) in [6, 6.07) is 14.6. The number of esters is 1. The summed E-state index contributed by atoms with van der Waals surface area (Å²) in [7, 11) is 0. The predicted molar refractivity (Wildman–Crippen MR) is 115 cm³/mol. The molecule has 3 aromatic rings. The third-order valence-electron chi connectivity index (χ3n) is 4.08. The molecule has 0 radical (unpaired) electrons. The maximum absolute atomic E-state index is 12.1. The molecule has 0 fully saturated rings. The van der Waals surface area contributed by atoms with E-state index in [-0.39, 0.29) is 19.1 Å². The van der Waals surface area contributed by atoms with Crippen molar-refractivity contribution in [2.75, 3.05) is 18.9 Å². The van der Waals surface area contributed by atoms with Crippen LogP contribution < -0.4 is 10.1 Å². The van der Waals surface area contributed by atoms with Crippen molar-refractivity contribution in [3.8, 4) is 5.75 Å². The van der Waals surface area contributed by atoms with Crippen molar-refractivity contribution in [3.63, 3.8) is 0 Å². The molecule has 8 nitrogen and oxygen atoms in total. The fraction of sp³-hybridized carbons (Fsp3) is 0.273. The third-order valence-corrected chi connectivity index (χ3v) is 5.09. The minimum Gasteiger partial charge on any atom is -0.485 e. The van der Waals surface area contributed by atoms with Gasteiger partial charge in [-0.15, -0.1) is 11.8 Å². The van der Waals surface area contributed by atoms with Crippen LogP contribution in [-0.2, 0) is 16.1 Å². The second-order valence-corrected chi connectivity index (χ2v) is 7.80. The van der Waals surface area contributed by atoms with Crippen molar-refractivity contribution < 1.29 is 23.6 Å². The molecule has 3 rings (SSSR count). The van der Waals surface area contributed by atoms with Crippen LogP contribution in [0.3, 0.4) is 0 Å². The van der Waals surface area contributed by atoms with Crippen LogP contribution in [0.2, 0.25) is 0 Å². The van der Waals surface area contributed by atoms with Gasteiger partial charge in [-0.25, -0.2) is 4.79 Å². The Morgan fingerprint density at radius 2 is 1.81 bits per heavy atom. The number of thioether (sulfide) groups is 1. The fourth-order valence-electron chi connectivity index (χ4n) is 2.49. The molecular weight excluding hydrogens is 418 g/mol. The number of carbonyl (C=O) groups excluding carboxylic acids is 2. The number of nitrogens with one attached hydrogen (secondary N) is 1. The molecule has 0 aliphatic heterocycles. The molecule has 9 heteroatoms. The highest BCUT2D eigenvalue weighted by Crippen LogP contribution is 2.17. The number of hydrogen-bond donors (Lipinski definition) is 1. The standard InChI is InChI=1S/C22H23N3O5S/c1-15-3-9-19(10-4-15)31-12-11-23-21(26)14-29-22(27)17-5-7-18(8-6-17)28-13-20-24-16(2)30-25-20/h3-10H,11-14H2,1-2H3,(H,23,26). The van der Waals surface area contributed by atoms with Crippen molar-refractivity contribution in [1.29, 1.82) is 0 Å². The van der Waals surface area contributed by atoms with Crippen LogP contribution in [0.5, 0.6) is 5.75 Å². The molecule has 0 aliphatic carbocycles. The quantitative estimate of drug-likeness (QED) is 0.290. The van der Waals surface area contributed by atoms with Gasteiger partial charge in [0.25, 0.3) is 5.91 Å². The zero-order valence-corrected chi connectivity index (χ0v) is 18.1. The first-order valence-corrected chi connectivity index (χ1v) is 10.6. The lowest BCUT2D eigenvalue weighted by Crippen LogP contribution is -2.30. The first-order chi connectivity index (χ1) is 15.0. The first-order valence-electron chi connectivity index (χ1n) is 9.65. The van der Waals surface area contributed by atoms with E-state index in [1.807, 2.05) is 31.2 Å². The Morgan fingerprint density at radius 1 is 1.06 bits per heavy atom. The molecule has 1 heterocycles. The number of benzene rings is 2. The highest BCUT2D eigenvalue weighted by atomic mass is 32.2. The van der Waals surface area contributed by atoms with Gasteiger partial charge >= 0.3 is 5.97 Å². The van der Waals surface area contributed by atoms with Gasteiger partial charge in [0.2, 0.25) is 11.7 Å². The summed E-state index contributed by atoms with van der Waals surface area (Å²) in [5.41, 5.74) is 1.53. The van der Waals surface area contributed by atoms with Crippen LogP contribution in [0.4, 0.5) is 0 Å². The van der Waals surface area contributed by atoms with Crippen LogP contribution in [-0.4, -0.2) is 40.9 Å². The van der Waals surface area contributed by atoms with Gasteiger partial charge in [-0.3, -0.25) is 4.79 Å². The van der Waals surface area contributed by atoms with E-state index in [0.29, 0.717) is 29.6 Å². The van der Waals surface area contributed by atoms with Crippen molar-refractivity contribution in [3.05, 3.63) is 71.4 Å². The zero-order chi connectivity index (χ0) is 22.1. The third kappa shape index (κ3) is 7.45. The van der Waals surface area contributed by atoms with E-state index >= 15 is 0 Å². The smallest absolute Gasteiger partial charge is 0.338 e. The normalized spacial score (nSPS) is 10.5. The van der Waals surface area contributed by atoms with Gasteiger partial charge < -0.3 is 19.3 Å². The summed E-state index contributed by atoms with van der Waals surface area (Å²) >= 11 is 1.65. The molecule has 0 spiro atoms. The molecule has 0 atom stereocenters.